The molecule has 0 aliphatic carbocycles. The maximum atomic E-state index is 14.1. The van der Waals surface area contributed by atoms with Gasteiger partial charge >= 0.3 is 12.2 Å². The van der Waals surface area contributed by atoms with Crippen LogP contribution in [0.4, 0.5) is 9.59 Å². The number of likely N-dealkylation sites (tertiary alicyclic amines) is 2. The van der Waals surface area contributed by atoms with Crippen molar-refractivity contribution >= 4 is 24.0 Å². The third-order valence-electron chi connectivity index (χ3n) is 11.3. The number of benzene rings is 2. The zero-order valence-corrected chi connectivity index (χ0v) is 36.3. The number of rotatable bonds is 14. The van der Waals surface area contributed by atoms with E-state index >= 15 is 0 Å². The molecule has 2 saturated heterocycles. The number of carbonyl (C=O) groups is 4. The Morgan fingerprint density at radius 3 is 1.95 bits per heavy atom. The lowest BCUT2D eigenvalue weighted by Crippen LogP contribution is -2.51. The number of carboxylic acid groups (broad SMARTS) is 1. The number of aromatic amines is 2. The van der Waals surface area contributed by atoms with Crippen LogP contribution in [0.25, 0.3) is 33.6 Å². The van der Waals surface area contributed by atoms with E-state index in [9.17, 15) is 19.2 Å². The van der Waals surface area contributed by atoms with Crippen molar-refractivity contribution in [3.63, 3.8) is 0 Å². The minimum absolute atomic E-state index is 0.0369. The van der Waals surface area contributed by atoms with Crippen molar-refractivity contribution in [1.82, 2.24) is 40.0 Å². The first-order valence-electron chi connectivity index (χ1n) is 21.3. The summed E-state index contributed by atoms with van der Waals surface area (Å²) in [5.74, 6) is 1.37. The second-order valence-corrected chi connectivity index (χ2v) is 18.1. The summed E-state index contributed by atoms with van der Waals surface area (Å²) in [6.45, 7) is 14.9. The van der Waals surface area contributed by atoms with Crippen LogP contribution in [0.2, 0.25) is 0 Å². The molecule has 60 heavy (non-hydrogen) atoms. The van der Waals surface area contributed by atoms with Gasteiger partial charge in [-0.25, -0.2) is 19.6 Å². The molecule has 4 amide bonds. The summed E-state index contributed by atoms with van der Waals surface area (Å²) in [4.78, 5) is 73.6. The van der Waals surface area contributed by atoms with E-state index in [0.29, 0.717) is 25.9 Å². The van der Waals surface area contributed by atoms with E-state index in [4.69, 9.17) is 19.8 Å². The standard InChI is InChI=1S/C46H62N8O6/c1-28(2)23-34(25-49-44(57)58)42(55)53-21-9-11-37(53)40-47-26-35(50-40)32-17-13-30(14-18-32)31-15-19-33(20-16-31)36-27-48-41(51-36)38-12-10-22-54(38)43(56)39(24-29(3)4)52(8)45(59)60-46(5,6)7/h13-20,26-29,34,37-39,49H,9-12,21-25H2,1-8H3,(H,47,50)(H,48,51)(H,57,58)/t34-,37-,38-,39-/m0/s1. The van der Waals surface area contributed by atoms with Crippen LogP contribution in [0, 0.1) is 17.8 Å². The highest BCUT2D eigenvalue weighted by Crippen LogP contribution is 2.36. The fourth-order valence-corrected chi connectivity index (χ4v) is 8.42. The molecule has 0 saturated carbocycles. The normalized spacial score (nSPS) is 17.9. The third-order valence-corrected chi connectivity index (χ3v) is 11.3. The van der Waals surface area contributed by atoms with Gasteiger partial charge in [-0.3, -0.25) is 14.5 Å². The molecule has 6 rings (SSSR count). The van der Waals surface area contributed by atoms with Crippen LogP contribution in [0.15, 0.2) is 60.9 Å². The summed E-state index contributed by atoms with van der Waals surface area (Å²) in [5.41, 5.74) is 5.02. The fraction of sp³-hybridized carbons (Fsp3) is 0.522. The predicted molar refractivity (Wildman–Crippen MR) is 231 cm³/mol. The van der Waals surface area contributed by atoms with Gasteiger partial charge < -0.3 is 34.9 Å². The van der Waals surface area contributed by atoms with Gasteiger partial charge in [0.15, 0.2) is 0 Å². The second-order valence-electron chi connectivity index (χ2n) is 18.1. The number of ether oxygens (including phenoxy) is 1. The molecule has 4 heterocycles. The molecule has 2 fully saturated rings. The van der Waals surface area contributed by atoms with Gasteiger partial charge in [0.2, 0.25) is 11.8 Å². The number of imidazole rings is 2. The fourth-order valence-electron chi connectivity index (χ4n) is 8.42. The van der Waals surface area contributed by atoms with Gasteiger partial charge in [-0.05, 0) is 87.8 Å². The zero-order chi connectivity index (χ0) is 43.3. The second kappa shape index (κ2) is 18.7. The summed E-state index contributed by atoms with van der Waals surface area (Å²) < 4.78 is 5.62. The first-order valence-corrected chi connectivity index (χ1v) is 21.3. The number of carbonyl (C=O) groups excluding carboxylic acids is 3. The summed E-state index contributed by atoms with van der Waals surface area (Å²) in [6, 6.07) is 15.5. The maximum Gasteiger partial charge on any atom is 0.410 e. The molecule has 0 bridgehead atoms. The van der Waals surface area contributed by atoms with E-state index in [0.717, 1.165) is 71.0 Å². The first kappa shape index (κ1) is 43.9. The molecular formula is C46H62N8O6. The van der Waals surface area contributed by atoms with Crippen molar-refractivity contribution in [2.24, 2.45) is 17.8 Å². The summed E-state index contributed by atoms with van der Waals surface area (Å²) in [5, 5.41) is 11.6. The third kappa shape index (κ3) is 10.6. The van der Waals surface area contributed by atoms with Crippen LogP contribution in [-0.4, -0.2) is 102 Å². The van der Waals surface area contributed by atoms with Gasteiger partial charge in [0.25, 0.3) is 0 Å². The maximum absolute atomic E-state index is 14.1. The molecule has 14 nitrogen and oxygen atoms in total. The molecule has 4 atom stereocenters. The number of nitrogens with zero attached hydrogens (tertiary/aromatic N) is 5. The Morgan fingerprint density at radius 1 is 0.833 bits per heavy atom. The number of amides is 4. The lowest BCUT2D eigenvalue weighted by Gasteiger charge is -2.34. The molecule has 2 aromatic carbocycles. The van der Waals surface area contributed by atoms with Crippen molar-refractivity contribution in [3.05, 3.63) is 72.6 Å². The minimum atomic E-state index is -1.13. The topological polar surface area (TPSA) is 177 Å². The van der Waals surface area contributed by atoms with E-state index in [1.807, 2.05) is 56.8 Å². The number of hydrogen-bond acceptors (Lipinski definition) is 7. The van der Waals surface area contributed by atoms with E-state index in [1.54, 1.807) is 7.05 Å². The lowest BCUT2D eigenvalue weighted by molar-refractivity contribution is -0.138. The van der Waals surface area contributed by atoms with Crippen LogP contribution in [0.3, 0.4) is 0 Å². The molecule has 0 spiro atoms. The predicted octanol–water partition coefficient (Wildman–Crippen LogP) is 8.67. The van der Waals surface area contributed by atoms with Gasteiger partial charge in [0.05, 0.1) is 35.6 Å². The monoisotopic (exact) mass is 822 g/mol. The van der Waals surface area contributed by atoms with Crippen LogP contribution in [-0.2, 0) is 14.3 Å². The average molecular weight is 823 g/mol. The molecular weight excluding hydrogens is 761 g/mol. The van der Waals surface area contributed by atoms with Crippen LogP contribution < -0.4 is 5.32 Å². The molecule has 2 aromatic heterocycles. The first-order chi connectivity index (χ1) is 28.5. The van der Waals surface area contributed by atoms with E-state index < -0.39 is 29.7 Å². The largest absolute Gasteiger partial charge is 0.465 e. The van der Waals surface area contributed by atoms with Crippen molar-refractivity contribution in [2.45, 2.75) is 111 Å². The van der Waals surface area contributed by atoms with Gasteiger partial charge in [-0.15, -0.1) is 0 Å². The molecule has 322 valence electrons. The molecule has 4 aromatic rings. The van der Waals surface area contributed by atoms with Crippen LogP contribution in [0.5, 0.6) is 0 Å². The van der Waals surface area contributed by atoms with Gasteiger partial charge in [-0.1, -0.05) is 76.2 Å². The van der Waals surface area contributed by atoms with E-state index in [-0.39, 0.29) is 42.3 Å². The summed E-state index contributed by atoms with van der Waals surface area (Å²) >= 11 is 0. The molecule has 0 unspecified atom stereocenters. The lowest BCUT2D eigenvalue weighted by atomic mass is 9.95. The Kier molecular flexibility index (Phi) is 13.7. The molecule has 4 N–H and O–H groups in total. The van der Waals surface area contributed by atoms with Crippen molar-refractivity contribution in [2.75, 3.05) is 26.7 Å². The molecule has 2 aliphatic rings. The summed E-state index contributed by atoms with van der Waals surface area (Å²) in [6.07, 6.45) is 6.47. The molecule has 0 radical (unpaired) electrons. The Hall–Kier alpha value is -5.66. The Balaban J connectivity index is 1.10. The van der Waals surface area contributed by atoms with Crippen molar-refractivity contribution in [3.8, 4) is 33.6 Å². The van der Waals surface area contributed by atoms with E-state index in [2.05, 4.69) is 77.7 Å². The Morgan fingerprint density at radius 2 is 1.38 bits per heavy atom. The number of nitrogens with one attached hydrogen (secondary N) is 3. The average Bonchev–Trinajstić information content (AvgIpc) is 4.04. The smallest absolute Gasteiger partial charge is 0.410 e. The van der Waals surface area contributed by atoms with Crippen LogP contribution in [0.1, 0.15) is 111 Å². The highest BCUT2D eigenvalue weighted by molar-refractivity contribution is 5.86. The molecule has 14 heteroatoms. The minimum Gasteiger partial charge on any atom is -0.465 e. The highest BCUT2D eigenvalue weighted by atomic mass is 16.6. The van der Waals surface area contributed by atoms with Crippen molar-refractivity contribution in [1.29, 1.82) is 0 Å². The van der Waals surface area contributed by atoms with Gasteiger partial charge in [-0.2, -0.15) is 0 Å². The Labute approximate surface area is 353 Å². The quantitative estimate of drug-likeness (QED) is 0.0977. The number of hydrogen-bond donors (Lipinski definition) is 4. The van der Waals surface area contributed by atoms with Gasteiger partial charge in [0, 0.05) is 38.4 Å². The van der Waals surface area contributed by atoms with Crippen LogP contribution >= 0.6 is 0 Å². The zero-order valence-electron chi connectivity index (χ0n) is 36.3. The Bertz CT molecular complexity index is 2100. The number of aromatic nitrogens is 4. The van der Waals surface area contributed by atoms with E-state index in [1.165, 1.54) is 4.90 Å². The SMILES string of the molecule is CC(C)C[C@@H](CNC(=O)O)C(=O)N1CCC[C@H]1c1ncc(-c2ccc(-c3ccc(-c4c[nH]c([C@@H]5CCCN5C(=O)[C@H](CC(C)C)N(C)C(=O)OC(C)(C)C)n4)cc3)cc2)[nH]1. The summed E-state index contributed by atoms with van der Waals surface area (Å²) in [7, 11) is 1.65. The number of H-pyrrole nitrogens is 2. The highest BCUT2D eigenvalue weighted by Gasteiger charge is 2.40. The van der Waals surface area contributed by atoms with Gasteiger partial charge in [0.1, 0.15) is 23.3 Å². The van der Waals surface area contributed by atoms with Crippen molar-refractivity contribution < 1.29 is 29.0 Å². The number of likely N-dealkylation sites (N-methyl/N-ethyl adjacent to an activating group) is 1. The molecule has 2 aliphatic heterocycles.